The lowest BCUT2D eigenvalue weighted by molar-refractivity contribution is -0.140. The monoisotopic (exact) mass is 553 g/mol. The number of nitrogens with one attached hydrogen (secondary N) is 1. The summed E-state index contributed by atoms with van der Waals surface area (Å²) in [6, 6.07) is 17.0. The Bertz CT molecular complexity index is 1440. The second-order valence-electron chi connectivity index (χ2n) is 8.90. The Morgan fingerprint density at radius 1 is 1.08 bits per heavy atom. The van der Waals surface area contributed by atoms with Crippen molar-refractivity contribution in [3.63, 3.8) is 0 Å². The van der Waals surface area contributed by atoms with Crippen LogP contribution >= 0.6 is 34.3 Å². The highest BCUT2D eigenvalue weighted by atomic mass is 35.5. The molecular weight excluding hydrogens is 530 g/mol. The molecule has 9 heteroatoms. The molecule has 1 aliphatic rings. The molecule has 2 aromatic carbocycles. The van der Waals surface area contributed by atoms with E-state index in [1.54, 1.807) is 24.5 Å². The summed E-state index contributed by atoms with van der Waals surface area (Å²) in [6.45, 7) is 1.82. The van der Waals surface area contributed by atoms with Gasteiger partial charge in [0.1, 0.15) is 11.9 Å². The van der Waals surface area contributed by atoms with Crippen LogP contribution < -0.4 is 10.1 Å². The lowest BCUT2D eigenvalue weighted by atomic mass is 9.93. The van der Waals surface area contributed by atoms with Crippen LogP contribution in [0.3, 0.4) is 0 Å². The molecule has 1 unspecified atom stereocenters. The second-order valence-corrected chi connectivity index (χ2v) is 11.4. The van der Waals surface area contributed by atoms with E-state index in [-0.39, 0.29) is 6.10 Å². The number of benzene rings is 2. The molecule has 4 aromatic rings. The average molecular weight is 554 g/mol. The van der Waals surface area contributed by atoms with Gasteiger partial charge in [-0.25, -0.2) is 4.79 Å². The van der Waals surface area contributed by atoms with Crippen molar-refractivity contribution < 1.29 is 24.2 Å². The van der Waals surface area contributed by atoms with Crippen molar-refractivity contribution >= 4 is 52.0 Å². The maximum atomic E-state index is 12.6. The fourth-order valence-corrected chi connectivity index (χ4v) is 6.25. The first kappa shape index (κ1) is 25.3. The van der Waals surface area contributed by atoms with Crippen LogP contribution in [0, 0.1) is 0 Å². The van der Waals surface area contributed by atoms with E-state index in [2.05, 4.69) is 5.32 Å². The van der Waals surface area contributed by atoms with E-state index in [1.807, 2.05) is 66.2 Å². The largest absolute Gasteiger partial charge is 0.496 e. The first-order valence-electron chi connectivity index (χ1n) is 11.6. The summed E-state index contributed by atoms with van der Waals surface area (Å²) in [5, 5.41) is 16.3. The minimum Gasteiger partial charge on any atom is -0.496 e. The zero-order valence-corrected chi connectivity index (χ0v) is 22.5. The van der Waals surface area contributed by atoms with Crippen LogP contribution in [0.25, 0.3) is 21.6 Å². The van der Waals surface area contributed by atoms with E-state index in [9.17, 15) is 14.7 Å². The molecule has 0 radical (unpaired) electrons. The average Bonchev–Trinajstić information content (AvgIpc) is 3.35. The number of methoxy groups -OCH3 is 1. The Morgan fingerprint density at radius 3 is 2.43 bits per heavy atom. The Balaban J connectivity index is 1.38. The zero-order valence-electron chi connectivity index (χ0n) is 20.1. The van der Waals surface area contributed by atoms with Crippen LogP contribution in [0.15, 0.2) is 65.4 Å². The standard InChI is InChI=1S/C28H24ClNO5S2/c1-16(19-9-12-36-15-19)35-27(33)30-22-14-24(29)37-25(22)18-5-8-21(23(13-18)34-2)17-3-6-20(7-4-17)28(10-11-28)26(31)32/h3-9,12-16H,10-11H2,1-2H3,(H,30,33)(H,31,32). The predicted molar refractivity (Wildman–Crippen MR) is 148 cm³/mol. The molecule has 1 aliphatic carbocycles. The van der Waals surface area contributed by atoms with Crippen LogP contribution in [-0.4, -0.2) is 24.3 Å². The van der Waals surface area contributed by atoms with E-state index < -0.39 is 17.5 Å². The highest BCUT2D eigenvalue weighted by Crippen LogP contribution is 2.49. The number of anilines is 1. The van der Waals surface area contributed by atoms with Crippen LogP contribution in [0.1, 0.15) is 37.0 Å². The zero-order chi connectivity index (χ0) is 26.2. The molecule has 0 aliphatic heterocycles. The number of halogens is 1. The van der Waals surface area contributed by atoms with Gasteiger partial charge in [0.15, 0.2) is 0 Å². The third kappa shape index (κ3) is 5.09. The fourth-order valence-electron chi connectivity index (χ4n) is 4.33. The van der Waals surface area contributed by atoms with Gasteiger partial charge in [0.05, 0.1) is 27.4 Å². The number of carbonyl (C=O) groups is 2. The molecule has 37 heavy (non-hydrogen) atoms. The Kier molecular flexibility index (Phi) is 6.98. The van der Waals surface area contributed by atoms with Gasteiger partial charge in [-0.1, -0.05) is 48.0 Å². The van der Waals surface area contributed by atoms with Gasteiger partial charge in [-0.05, 0) is 65.4 Å². The van der Waals surface area contributed by atoms with Crippen molar-refractivity contribution in [2.24, 2.45) is 0 Å². The number of hydrogen-bond donors (Lipinski definition) is 2. The maximum absolute atomic E-state index is 12.6. The van der Waals surface area contributed by atoms with Crippen LogP contribution in [-0.2, 0) is 14.9 Å². The molecule has 6 nitrogen and oxygen atoms in total. The summed E-state index contributed by atoms with van der Waals surface area (Å²) in [4.78, 5) is 25.0. The summed E-state index contributed by atoms with van der Waals surface area (Å²) in [5.41, 5.74) is 4.20. The third-order valence-corrected chi connectivity index (χ3v) is 8.62. The molecule has 1 amide bonds. The molecule has 1 fully saturated rings. The van der Waals surface area contributed by atoms with Gasteiger partial charge in [-0.2, -0.15) is 11.3 Å². The number of carboxylic acids is 1. The molecule has 0 bridgehead atoms. The van der Waals surface area contributed by atoms with Gasteiger partial charge in [0.25, 0.3) is 0 Å². The van der Waals surface area contributed by atoms with Crippen LogP contribution in [0.2, 0.25) is 4.34 Å². The van der Waals surface area contributed by atoms with Crippen molar-refractivity contribution in [1.82, 2.24) is 0 Å². The predicted octanol–water partition coefficient (Wildman–Crippen LogP) is 8.23. The van der Waals surface area contributed by atoms with Gasteiger partial charge in [0.2, 0.25) is 0 Å². The van der Waals surface area contributed by atoms with Crippen LogP contribution in [0.4, 0.5) is 10.5 Å². The molecule has 0 saturated heterocycles. The SMILES string of the molecule is COc1cc(-c2sc(Cl)cc2NC(=O)OC(C)c2ccsc2)ccc1-c1ccc(C2(C(=O)O)CC2)cc1. The smallest absolute Gasteiger partial charge is 0.412 e. The Morgan fingerprint density at radius 2 is 1.81 bits per heavy atom. The fraction of sp³-hybridized carbons (Fsp3) is 0.214. The maximum Gasteiger partial charge on any atom is 0.412 e. The highest BCUT2D eigenvalue weighted by Gasteiger charge is 2.51. The van der Waals surface area contributed by atoms with Gasteiger partial charge in [0, 0.05) is 11.1 Å². The number of aliphatic carboxylic acids is 1. The number of carboxylic acid groups (broad SMARTS) is 1. The molecule has 5 rings (SSSR count). The molecule has 1 atom stereocenters. The molecular formula is C28H24ClNO5S2. The van der Waals surface area contributed by atoms with Gasteiger partial charge >= 0.3 is 12.1 Å². The van der Waals surface area contributed by atoms with E-state index in [0.717, 1.165) is 32.7 Å². The quantitative estimate of drug-likeness (QED) is 0.229. The van der Waals surface area contributed by atoms with Crippen molar-refractivity contribution in [1.29, 1.82) is 0 Å². The minimum atomic E-state index is -0.772. The van der Waals surface area contributed by atoms with Crippen molar-refractivity contribution in [3.8, 4) is 27.3 Å². The highest BCUT2D eigenvalue weighted by molar-refractivity contribution is 7.20. The first-order chi connectivity index (χ1) is 17.8. The first-order valence-corrected chi connectivity index (χ1v) is 13.8. The summed E-state index contributed by atoms with van der Waals surface area (Å²) in [6.07, 6.45) is 0.396. The van der Waals surface area contributed by atoms with Crippen molar-refractivity contribution in [3.05, 3.63) is 80.8 Å². The lowest BCUT2D eigenvalue weighted by Gasteiger charge is -2.15. The van der Waals surface area contributed by atoms with E-state index in [1.165, 1.54) is 11.3 Å². The molecule has 2 N–H and O–H groups in total. The molecule has 2 aromatic heterocycles. The summed E-state index contributed by atoms with van der Waals surface area (Å²) in [5.74, 6) is -0.125. The van der Waals surface area contributed by atoms with E-state index in [0.29, 0.717) is 28.6 Å². The van der Waals surface area contributed by atoms with E-state index in [4.69, 9.17) is 21.1 Å². The Hall–Kier alpha value is -3.33. The summed E-state index contributed by atoms with van der Waals surface area (Å²) >= 11 is 9.21. The molecule has 0 spiro atoms. The number of thiophene rings is 2. The van der Waals surface area contributed by atoms with Gasteiger partial charge < -0.3 is 14.6 Å². The topological polar surface area (TPSA) is 84.9 Å². The van der Waals surface area contributed by atoms with Crippen molar-refractivity contribution in [2.75, 3.05) is 12.4 Å². The third-order valence-electron chi connectivity index (χ3n) is 6.61. The van der Waals surface area contributed by atoms with Gasteiger partial charge in [-0.3, -0.25) is 10.1 Å². The number of amides is 1. The second kappa shape index (κ2) is 10.2. The van der Waals surface area contributed by atoms with Gasteiger partial charge in [-0.15, -0.1) is 11.3 Å². The van der Waals surface area contributed by atoms with E-state index >= 15 is 0 Å². The van der Waals surface area contributed by atoms with Crippen molar-refractivity contribution in [2.45, 2.75) is 31.3 Å². The van der Waals surface area contributed by atoms with Crippen LogP contribution in [0.5, 0.6) is 5.75 Å². The number of ether oxygens (including phenoxy) is 2. The normalized spacial score (nSPS) is 14.6. The molecule has 1 saturated carbocycles. The molecule has 190 valence electrons. The Labute approximate surface area is 227 Å². The lowest BCUT2D eigenvalue weighted by Crippen LogP contribution is -2.19. The summed E-state index contributed by atoms with van der Waals surface area (Å²) < 4.78 is 11.8. The minimum absolute atomic E-state index is 0.375. The number of hydrogen-bond acceptors (Lipinski definition) is 6. The number of carbonyl (C=O) groups excluding carboxylic acids is 1. The summed E-state index contributed by atoms with van der Waals surface area (Å²) in [7, 11) is 1.60. The molecule has 2 heterocycles. The number of rotatable bonds is 8.